The van der Waals surface area contributed by atoms with Crippen molar-refractivity contribution in [1.82, 2.24) is 5.32 Å². The Morgan fingerprint density at radius 2 is 1.84 bits per heavy atom. The molecule has 158 valence electrons. The summed E-state index contributed by atoms with van der Waals surface area (Å²) in [5, 5.41) is 5.67. The second-order valence-electron chi connectivity index (χ2n) is 7.66. The zero-order valence-corrected chi connectivity index (χ0v) is 17.2. The van der Waals surface area contributed by atoms with E-state index in [0.717, 1.165) is 11.1 Å². The van der Waals surface area contributed by atoms with Crippen LogP contribution in [-0.2, 0) is 17.8 Å². The van der Waals surface area contributed by atoms with Gasteiger partial charge < -0.3 is 15.4 Å². The molecular formula is C25H23FN2O3. The first kappa shape index (κ1) is 20.6. The molecule has 0 bridgehead atoms. The molecule has 0 fully saturated rings. The number of carbonyl (C=O) groups is 2. The Bertz CT molecular complexity index is 1110. The van der Waals surface area contributed by atoms with Crippen molar-refractivity contribution in [3.8, 4) is 5.75 Å². The maximum atomic E-state index is 13.8. The number of nitrogens with one attached hydrogen (secondary N) is 2. The molecule has 5 nitrogen and oxygen atoms in total. The van der Waals surface area contributed by atoms with E-state index in [4.69, 9.17) is 4.74 Å². The maximum Gasteiger partial charge on any atom is 0.255 e. The number of halogens is 1. The molecule has 4 rings (SSSR count). The van der Waals surface area contributed by atoms with Crippen molar-refractivity contribution in [2.45, 2.75) is 19.9 Å². The lowest BCUT2D eigenvalue weighted by atomic mass is 9.95. The SMILES string of the molecule is Cc1ccc(C(=O)Nc2ccc3c(c2)C[C@@H](C(=O)NCc2ccccc2F)CO3)cc1. The predicted molar refractivity (Wildman–Crippen MR) is 117 cm³/mol. The van der Waals surface area contributed by atoms with Crippen molar-refractivity contribution in [2.24, 2.45) is 5.92 Å². The van der Waals surface area contributed by atoms with E-state index < -0.39 is 0 Å². The van der Waals surface area contributed by atoms with Crippen molar-refractivity contribution in [3.05, 3.63) is 94.8 Å². The van der Waals surface area contributed by atoms with Crippen LogP contribution in [0.5, 0.6) is 5.75 Å². The Morgan fingerprint density at radius 1 is 1.06 bits per heavy atom. The second-order valence-corrected chi connectivity index (χ2v) is 7.66. The molecule has 2 amide bonds. The monoisotopic (exact) mass is 418 g/mol. The van der Waals surface area contributed by atoms with Crippen molar-refractivity contribution in [1.29, 1.82) is 0 Å². The minimum absolute atomic E-state index is 0.126. The quantitative estimate of drug-likeness (QED) is 0.651. The lowest BCUT2D eigenvalue weighted by molar-refractivity contribution is -0.126. The zero-order chi connectivity index (χ0) is 21.8. The van der Waals surface area contributed by atoms with Crippen LogP contribution in [0, 0.1) is 18.7 Å². The minimum atomic E-state index is -0.387. The lowest BCUT2D eigenvalue weighted by Gasteiger charge is -2.25. The van der Waals surface area contributed by atoms with E-state index in [1.165, 1.54) is 6.07 Å². The van der Waals surface area contributed by atoms with Crippen molar-refractivity contribution < 1.29 is 18.7 Å². The summed E-state index contributed by atoms with van der Waals surface area (Å²) in [6.45, 7) is 2.35. The van der Waals surface area contributed by atoms with E-state index in [1.807, 2.05) is 25.1 Å². The number of carbonyl (C=O) groups excluding carboxylic acids is 2. The third-order valence-corrected chi connectivity index (χ3v) is 5.32. The topological polar surface area (TPSA) is 67.4 Å². The first-order chi connectivity index (χ1) is 15.0. The zero-order valence-electron chi connectivity index (χ0n) is 17.2. The van der Waals surface area contributed by atoms with Gasteiger partial charge in [0.05, 0.1) is 5.92 Å². The van der Waals surface area contributed by atoms with Gasteiger partial charge in [-0.1, -0.05) is 35.9 Å². The molecule has 0 unspecified atom stereocenters. The number of hydrogen-bond acceptors (Lipinski definition) is 3. The van der Waals surface area contributed by atoms with Gasteiger partial charge in [0.15, 0.2) is 0 Å². The number of ether oxygens (including phenoxy) is 1. The molecule has 0 spiro atoms. The van der Waals surface area contributed by atoms with Gasteiger partial charge in [0.2, 0.25) is 5.91 Å². The van der Waals surface area contributed by atoms with Crippen molar-refractivity contribution in [2.75, 3.05) is 11.9 Å². The molecule has 6 heteroatoms. The third-order valence-electron chi connectivity index (χ3n) is 5.32. The molecule has 0 aromatic heterocycles. The van der Waals surface area contributed by atoms with Crippen LogP contribution in [0.3, 0.4) is 0 Å². The third kappa shape index (κ3) is 4.91. The molecule has 0 saturated carbocycles. The average molecular weight is 418 g/mol. The van der Waals surface area contributed by atoms with Crippen LogP contribution in [0.15, 0.2) is 66.7 Å². The minimum Gasteiger partial charge on any atom is -0.492 e. The number of hydrogen-bond donors (Lipinski definition) is 2. The Hall–Kier alpha value is -3.67. The van der Waals surface area contributed by atoms with E-state index in [9.17, 15) is 14.0 Å². The number of rotatable bonds is 5. The largest absolute Gasteiger partial charge is 0.492 e. The number of benzene rings is 3. The molecule has 3 aromatic rings. The maximum absolute atomic E-state index is 13.8. The fourth-order valence-corrected chi connectivity index (χ4v) is 3.52. The molecule has 1 aliphatic heterocycles. The molecular weight excluding hydrogens is 395 g/mol. The van der Waals surface area contributed by atoms with Gasteiger partial charge in [-0.15, -0.1) is 0 Å². The van der Waals surface area contributed by atoms with Gasteiger partial charge in [0, 0.05) is 23.4 Å². The van der Waals surface area contributed by atoms with E-state index >= 15 is 0 Å². The summed E-state index contributed by atoms with van der Waals surface area (Å²) in [7, 11) is 0. The van der Waals surface area contributed by atoms with Crippen molar-refractivity contribution in [3.63, 3.8) is 0 Å². The number of fused-ring (bicyclic) bond motifs is 1. The van der Waals surface area contributed by atoms with Crippen LogP contribution in [-0.4, -0.2) is 18.4 Å². The Kier molecular flexibility index (Phi) is 5.98. The van der Waals surface area contributed by atoms with Crippen LogP contribution in [0.2, 0.25) is 0 Å². The fraction of sp³-hybridized carbons (Fsp3) is 0.200. The molecule has 31 heavy (non-hydrogen) atoms. The highest BCUT2D eigenvalue weighted by Gasteiger charge is 2.26. The standard InChI is InChI=1S/C25H23FN2O3/c1-16-6-8-17(9-7-16)25(30)28-21-10-11-23-19(13-21)12-20(15-31-23)24(29)27-14-18-4-2-3-5-22(18)26/h2-11,13,20H,12,14-15H2,1H3,(H,27,29)(H,28,30)/t20-/m1/s1. The molecule has 1 atom stereocenters. The number of aryl methyl sites for hydroxylation is 1. The second kappa shape index (κ2) is 9.00. The van der Waals surface area contributed by atoms with Gasteiger partial charge in [-0.25, -0.2) is 4.39 Å². The van der Waals surface area contributed by atoms with Gasteiger partial charge in [0.1, 0.15) is 18.2 Å². The highest BCUT2D eigenvalue weighted by Crippen LogP contribution is 2.30. The highest BCUT2D eigenvalue weighted by atomic mass is 19.1. The first-order valence-corrected chi connectivity index (χ1v) is 10.1. The predicted octanol–water partition coefficient (Wildman–Crippen LogP) is 4.25. The number of amides is 2. The first-order valence-electron chi connectivity index (χ1n) is 10.1. The van der Waals surface area contributed by atoms with Gasteiger partial charge in [-0.2, -0.15) is 0 Å². The molecule has 1 aliphatic rings. The van der Waals surface area contributed by atoms with Gasteiger partial charge in [-0.3, -0.25) is 9.59 Å². The Morgan fingerprint density at radius 3 is 2.61 bits per heavy atom. The van der Waals surface area contributed by atoms with Crippen LogP contribution >= 0.6 is 0 Å². The molecule has 0 saturated heterocycles. The number of anilines is 1. The summed E-state index contributed by atoms with van der Waals surface area (Å²) in [6.07, 6.45) is 0.479. The normalized spacial score (nSPS) is 14.8. The summed E-state index contributed by atoms with van der Waals surface area (Å²) in [4.78, 5) is 25.1. The van der Waals surface area contributed by atoms with E-state index in [1.54, 1.807) is 42.5 Å². The van der Waals surface area contributed by atoms with Crippen LogP contribution in [0.1, 0.15) is 27.0 Å². The van der Waals surface area contributed by atoms with Crippen LogP contribution < -0.4 is 15.4 Å². The molecule has 0 radical (unpaired) electrons. The molecule has 3 aromatic carbocycles. The van der Waals surface area contributed by atoms with Gasteiger partial charge in [-0.05, 0) is 55.3 Å². The van der Waals surface area contributed by atoms with Gasteiger partial charge in [0.25, 0.3) is 5.91 Å². The van der Waals surface area contributed by atoms with Crippen LogP contribution in [0.25, 0.3) is 0 Å². The fourth-order valence-electron chi connectivity index (χ4n) is 3.52. The van der Waals surface area contributed by atoms with Gasteiger partial charge >= 0.3 is 0 Å². The van der Waals surface area contributed by atoms with E-state index in [-0.39, 0.29) is 36.7 Å². The summed E-state index contributed by atoms with van der Waals surface area (Å²) < 4.78 is 19.5. The smallest absolute Gasteiger partial charge is 0.255 e. The Labute approximate surface area is 180 Å². The average Bonchev–Trinajstić information content (AvgIpc) is 2.78. The summed E-state index contributed by atoms with van der Waals surface area (Å²) >= 11 is 0. The lowest BCUT2D eigenvalue weighted by Crippen LogP contribution is -2.37. The molecule has 0 aliphatic carbocycles. The van der Waals surface area contributed by atoms with E-state index in [2.05, 4.69) is 10.6 Å². The molecule has 1 heterocycles. The highest BCUT2D eigenvalue weighted by molar-refractivity contribution is 6.04. The van der Waals surface area contributed by atoms with Crippen LogP contribution in [0.4, 0.5) is 10.1 Å². The van der Waals surface area contributed by atoms with Crippen molar-refractivity contribution >= 4 is 17.5 Å². The van der Waals surface area contributed by atoms with E-state index in [0.29, 0.717) is 29.0 Å². The Balaban J connectivity index is 1.40. The summed E-state index contributed by atoms with van der Waals surface area (Å²) in [5.41, 5.74) is 3.58. The summed E-state index contributed by atoms with van der Waals surface area (Å²) in [6, 6.07) is 19.1. The summed E-state index contributed by atoms with van der Waals surface area (Å²) in [5.74, 6) is -0.422. The molecule has 2 N–H and O–H groups in total.